The van der Waals surface area contributed by atoms with E-state index < -0.39 is 6.43 Å². The molecule has 1 aliphatic carbocycles. The standard InChI is InChI=1S/C10H19F2N.C2H6/c1-8-3-5-9(6-4-8)13(2)7-10(11)12;1-2/h8-10H,3-7H2,1-2H3;1-2H3. The number of hydrogen-bond acceptors (Lipinski definition) is 1. The highest BCUT2D eigenvalue weighted by atomic mass is 19.3. The van der Waals surface area contributed by atoms with Gasteiger partial charge in [0.05, 0.1) is 6.54 Å². The van der Waals surface area contributed by atoms with Crippen LogP contribution >= 0.6 is 0 Å². The zero-order valence-corrected chi connectivity index (χ0v) is 10.5. The van der Waals surface area contributed by atoms with E-state index in [9.17, 15) is 8.78 Å². The van der Waals surface area contributed by atoms with E-state index in [2.05, 4.69) is 6.92 Å². The lowest BCUT2D eigenvalue weighted by Crippen LogP contribution is -2.37. The molecule has 0 amide bonds. The van der Waals surface area contributed by atoms with E-state index in [1.165, 1.54) is 12.8 Å². The Kier molecular flexibility index (Phi) is 7.93. The van der Waals surface area contributed by atoms with Gasteiger partial charge >= 0.3 is 0 Å². The van der Waals surface area contributed by atoms with Crippen LogP contribution in [0.2, 0.25) is 0 Å². The molecule has 0 aliphatic heterocycles. The number of rotatable bonds is 3. The molecule has 1 nitrogen and oxygen atoms in total. The molecule has 0 aromatic carbocycles. The highest BCUT2D eigenvalue weighted by Crippen LogP contribution is 2.26. The van der Waals surface area contributed by atoms with Gasteiger partial charge in [0.1, 0.15) is 0 Å². The Hall–Kier alpha value is -0.180. The Morgan fingerprint density at radius 3 is 2.00 bits per heavy atom. The molecule has 0 radical (unpaired) electrons. The van der Waals surface area contributed by atoms with Crippen molar-refractivity contribution in [1.82, 2.24) is 4.90 Å². The monoisotopic (exact) mass is 221 g/mol. The Balaban J connectivity index is 0.000000921. The van der Waals surface area contributed by atoms with Crippen molar-refractivity contribution in [2.45, 2.75) is 58.9 Å². The fraction of sp³-hybridized carbons (Fsp3) is 1.00. The van der Waals surface area contributed by atoms with Crippen molar-refractivity contribution < 1.29 is 8.78 Å². The summed E-state index contributed by atoms with van der Waals surface area (Å²) in [6.45, 7) is 6.17. The second-order valence-corrected chi connectivity index (χ2v) is 4.24. The van der Waals surface area contributed by atoms with Gasteiger partial charge in [-0.1, -0.05) is 20.8 Å². The normalized spacial score (nSPS) is 26.4. The maximum Gasteiger partial charge on any atom is 0.251 e. The van der Waals surface area contributed by atoms with Crippen LogP contribution in [0.3, 0.4) is 0 Å². The van der Waals surface area contributed by atoms with E-state index >= 15 is 0 Å². The fourth-order valence-electron chi connectivity index (χ4n) is 2.05. The fourth-order valence-corrected chi connectivity index (χ4v) is 2.05. The van der Waals surface area contributed by atoms with Crippen LogP contribution in [0.15, 0.2) is 0 Å². The topological polar surface area (TPSA) is 3.24 Å². The molecule has 0 bridgehead atoms. The largest absolute Gasteiger partial charge is 0.298 e. The molecular weight excluding hydrogens is 196 g/mol. The minimum atomic E-state index is -2.19. The van der Waals surface area contributed by atoms with Gasteiger partial charge in [0.2, 0.25) is 0 Å². The first-order chi connectivity index (χ1) is 7.09. The van der Waals surface area contributed by atoms with Gasteiger partial charge in [-0.3, -0.25) is 4.90 Å². The molecule has 0 N–H and O–H groups in total. The molecule has 0 heterocycles. The van der Waals surface area contributed by atoms with Gasteiger partial charge in [-0.05, 0) is 38.6 Å². The van der Waals surface area contributed by atoms with E-state index in [0.717, 1.165) is 18.8 Å². The van der Waals surface area contributed by atoms with Crippen LogP contribution in [0.4, 0.5) is 8.78 Å². The summed E-state index contributed by atoms with van der Waals surface area (Å²) in [6.07, 6.45) is 2.37. The van der Waals surface area contributed by atoms with Crippen molar-refractivity contribution in [2.75, 3.05) is 13.6 Å². The molecule has 15 heavy (non-hydrogen) atoms. The summed E-state index contributed by atoms with van der Waals surface area (Å²) in [5.41, 5.74) is 0. The zero-order chi connectivity index (χ0) is 11.8. The SMILES string of the molecule is CC.CC1CCC(N(C)CC(F)F)CC1. The first-order valence-corrected chi connectivity index (χ1v) is 6.08. The van der Waals surface area contributed by atoms with Gasteiger partial charge in [0.25, 0.3) is 6.43 Å². The lowest BCUT2D eigenvalue weighted by Gasteiger charge is -2.33. The van der Waals surface area contributed by atoms with Gasteiger partial charge in [-0.2, -0.15) is 0 Å². The Bertz CT molecular complexity index is 143. The Morgan fingerprint density at radius 2 is 1.60 bits per heavy atom. The van der Waals surface area contributed by atoms with E-state index in [-0.39, 0.29) is 6.54 Å². The first kappa shape index (κ1) is 14.8. The second kappa shape index (κ2) is 8.03. The van der Waals surface area contributed by atoms with Gasteiger partial charge < -0.3 is 0 Å². The van der Waals surface area contributed by atoms with Crippen LogP contribution in [-0.2, 0) is 0 Å². The van der Waals surface area contributed by atoms with E-state index in [4.69, 9.17) is 0 Å². The Morgan fingerprint density at radius 1 is 1.13 bits per heavy atom. The molecule has 0 unspecified atom stereocenters. The lowest BCUT2D eigenvalue weighted by atomic mass is 9.87. The van der Waals surface area contributed by atoms with Crippen molar-refractivity contribution in [3.05, 3.63) is 0 Å². The molecule has 3 heteroatoms. The highest BCUT2D eigenvalue weighted by Gasteiger charge is 2.22. The van der Waals surface area contributed by atoms with E-state index in [1.54, 1.807) is 0 Å². The maximum atomic E-state index is 12.1. The van der Waals surface area contributed by atoms with E-state index in [1.807, 2.05) is 25.8 Å². The molecule has 0 saturated heterocycles. The third kappa shape index (κ3) is 6.08. The van der Waals surface area contributed by atoms with E-state index in [0.29, 0.717) is 6.04 Å². The van der Waals surface area contributed by atoms with Crippen molar-refractivity contribution >= 4 is 0 Å². The number of hydrogen-bond donors (Lipinski definition) is 0. The van der Waals surface area contributed by atoms with Gasteiger partial charge in [-0.25, -0.2) is 8.78 Å². The quantitative estimate of drug-likeness (QED) is 0.701. The van der Waals surface area contributed by atoms with Gasteiger partial charge in [-0.15, -0.1) is 0 Å². The second-order valence-electron chi connectivity index (χ2n) is 4.24. The smallest absolute Gasteiger partial charge is 0.251 e. The summed E-state index contributed by atoms with van der Waals surface area (Å²) in [5, 5.41) is 0. The molecule has 0 aromatic rings. The van der Waals surface area contributed by atoms with Crippen molar-refractivity contribution in [2.24, 2.45) is 5.92 Å². The lowest BCUT2D eigenvalue weighted by molar-refractivity contribution is 0.0664. The predicted octanol–water partition coefficient (Wildman–Crippen LogP) is 3.79. The molecule has 1 aliphatic rings. The summed E-state index contributed by atoms with van der Waals surface area (Å²) in [5.74, 6) is 0.788. The molecule has 1 fully saturated rings. The minimum absolute atomic E-state index is 0.0704. The molecular formula is C12H25F2N. The van der Waals surface area contributed by atoms with Crippen LogP contribution in [0.1, 0.15) is 46.5 Å². The zero-order valence-electron chi connectivity index (χ0n) is 10.5. The third-order valence-corrected chi connectivity index (χ3v) is 3.03. The predicted molar refractivity (Wildman–Crippen MR) is 61.4 cm³/mol. The number of alkyl halides is 2. The summed E-state index contributed by atoms with van der Waals surface area (Å²) < 4.78 is 24.2. The number of nitrogens with zero attached hydrogens (tertiary/aromatic N) is 1. The van der Waals surface area contributed by atoms with Crippen LogP contribution in [-0.4, -0.2) is 31.0 Å². The molecule has 0 atom stereocenters. The molecule has 0 aromatic heterocycles. The van der Waals surface area contributed by atoms with Crippen LogP contribution < -0.4 is 0 Å². The summed E-state index contributed by atoms with van der Waals surface area (Å²) in [6, 6.07) is 0.394. The van der Waals surface area contributed by atoms with Crippen molar-refractivity contribution in [1.29, 1.82) is 0 Å². The van der Waals surface area contributed by atoms with Crippen molar-refractivity contribution in [3.63, 3.8) is 0 Å². The van der Waals surface area contributed by atoms with Crippen LogP contribution in [0, 0.1) is 5.92 Å². The van der Waals surface area contributed by atoms with Crippen LogP contribution in [0.5, 0.6) is 0 Å². The van der Waals surface area contributed by atoms with Gasteiger partial charge in [0, 0.05) is 6.04 Å². The summed E-state index contributed by atoms with van der Waals surface area (Å²) in [4.78, 5) is 1.82. The summed E-state index contributed by atoms with van der Waals surface area (Å²) >= 11 is 0. The van der Waals surface area contributed by atoms with Gasteiger partial charge in [0.15, 0.2) is 0 Å². The Labute approximate surface area is 92.8 Å². The average Bonchev–Trinajstić information content (AvgIpc) is 2.20. The molecule has 1 saturated carbocycles. The molecule has 92 valence electrons. The molecule has 1 rings (SSSR count). The first-order valence-electron chi connectivity index (χ1n) is 6.08. The summed E-state index contributed by atoms with van der Waals surface area (Å²) in [7, 11) is 1.81. The number of halogens is 2. The average molecular weight is 221 g/mol. The third-order valence-electron chi connectivity index (χ3n) is 3.03. The van der Waals surface area contributed by atoms with Crippen molar-refractivity contribution in [3.8, 4) is 0 Å². The van der Waals surface area contributed by atoms with Crippen LogP contribution in [0.25, 0.3) is 0 Å². The maximum absolute atomic E-state index is 12.1. The minimum Gasteiger partial charge on any atom is -0.298 e. The highest BCUT2D eigenvalue weighted by molar-refractivity contribution is 4.76. The molecule has 0 spiro atoms.